The highest BCUT2D eigenvalue weighted by atomic mass is 16.5. The topological polar surface area (TPSA) is 65.5 Å². The van der Waals surface area contributed by atoms with E-state index in [9.17, 15) is 9.59 Å². The van der Waals surface area contributed by atoms with Crippen LogP contribution in [0.15, 0.2) is 24.4 Å². The Morgan fingerprint density at radius 2 is 1.89 bits per heavy atom. The van der Waals surface area contributed by atoms with Crippen LogP contribution in [0.2, 0.25) is 0 Å². The van der Waals surface area contributed by atoms with Gasteiger partial charge in [-0.25, -0.2) is 0 Å². The molecular weight excluding hydrogens is 234 g/mol. The Balaban J connectivity index is 2.47. The van der Waals surface area contributed by atoms with E-state index < -0.39 is 17.9 Å². The molecule has 5 nitrogen and oxygen atoms in total. The van der Waals surface area contributed by atoms with Gasteiger partial charge in [0.1, 0.15) is 0 Å². The molecule has 1 aromatic heterocycles. The Hall–Kier alpha value is -1.91. The zero-order valence-electron chi connectivity index (χ0n) is 10.6. The maximum absolute atomic E-state index is 11.4. The molecule has 5 heteroatoms. The number of hydrogen-bond acceptors (Lipinski definition) is 5. The molecule has 1 heterocycles. The fourth-order valence-corrected chi connectivity index (χ4v) is 1.65. The molecule has 0 spiro atoms. The van der Waals surface area contributed by atoms with Crippen molar-refractivity contribution in [1.29, 1.82) is 0 Å². The maximum atomic E-state index is 11.4. The van der Waals surface area contributed by atoms with E-state index >= 15 is 0 Å². The molecule has 1 aromatic rings. The lowest BCUT2D eigenvalue weighted by atomic mass is 10.0. The van der Waals surface area contributed by atoms with Crippen molar-refractivity contribution in [3.8, 4) is 0 Å². The Morgan fingerprint density at radius 1 is 1.22 bits per heavy atom. The zero-order chi connectivity index (χ0) is 13.4. The second-order valence-electron chi connectivity index (χ2n) is 3.81. The van der Waals surface area contributed by atoms with E-state index in [0.717, 1.165) is 5.69 Å². The zero-order valence-corrected chi connectivity index (χ0v) is 10.6. The van der Waals surface area contributed by atoms with E-state index in [1.807, 2.05) is 18.2 Å². The molecule has 98 valence electrons. The van der Waals surface area contributed by atoms with Crippen molar-refractivity contribution in [2.75, 3.05) is 14.2 Å². The summed E-state index contributed by atoms with van der Waals surface area (Å²) in [5, 5.41) is 0. The van der Waals surface area contributed by atoms with Crippen molar-refractivity contribution in [2.45, 2.75) is 19.3 Å². The lowest BCUT2D eigenvalue weighted by molar-refractivity contribution is -0.159. The third-order valence-electron chi connectivity index (χ3n) is 2.62. The first-order chi connectivity index (χ1) is 8.69. The summed E-state index contributed by atoms with van der Waals surface area (Å²) in [7, 11) is 2.52. The van der Waals surface area contributed by atoms with Crippen LogP contribution >= 0.6 is 0 Å². The lowest BCUT2D eigenvalue weighted by Gasteiger charge is -2.11. The van der Waals surface area contributed by atoms with Gasteiger partial charge in [0.05, 0.1) is 14.2 Å². The summed E-state index contributed by atoms with van der Waals surface area (Å²) >= 11 is 0. The van der Waals surface area contributed by atoms with Crippen LogP contribution in [0.1, 0.15) is 18.5 Å². The van der Waals surface area contributed by atoms with Gasteiger partial charge in [0, 0.05) is 11.9 Å². The van der Waals surface area contributed by atoms with E-state index in [0.29, 0.717) is 19.3 Å². The summed E-state index contributed by atoms with van der Waals surface area (Å²) in [4.78, 5) is 27.0. The van der Waals surface area contributed by atoms with Gasteiger partial charge in [-0.1, -0.05) is 6.07 Å². The number of hydrogen-bond donors (Lipinski definition) is 0. The predicted molar refractivity (Wildman–Crippen MR) is 64.7 cm³/mol. The second-order valence-corrected chi connectivity index (χ2v) is 3.81. The maximum Gasteiger partial charge on any atom is 0.320 e. The van der Waals surface area contributed by atoms with Gasteiger partial charge in [-0.05, 0) is 31.4 Å². The number of aryl methyl sites for hydroxylation is 1. The van der Waals surface area contributed by atoms with Gasteiger partial charge in [0.15, 0.2) is 5.92 Å². The number of esters is 2. The fourth-order valence-electron chi connectivity index (χ4n) is 1.65. The second kappa shape index (κ2) is 7.42. The van der Waals surface area contributed by atoms with Crippen LogP contribution in [0, 0.1) is 5.92 Å². The minimum atomic E-state index is -0.844. The quantitative estimate of drug-likeness (QED) is 0.564. The van der Waals surface area contributed by atoms with Crippen LogP contribution in [0.4, 0.5) is 0 Å². The number of rotatable bonds is 6. The van der Waals surface area contributed by atoms with Crippen molar-refractivity contribution >= 4 is 11.9 Å². The Kier molecular flexibility index (Phi) is 5.84. The summed E-state index contributed by atoms with van der Waals surface area (Å²) in [5.74, 6) is -1.95. The van der Waals surface area contributed by atoms with Crippen LogP contribution < -0.4 is 0 Å². The first-order valence-electron chi connectivity index (χ1n) is 5.74. The molecule has 0 N–H and O–H groups in total. The first-order valence-corrected chi connectivity index (χ1v) is 5.74. The van der Waals surface area contributed by atoms with Crippen LogP contribution in [-0.4, -0.2) is 31.1 Å². The molecule has 0 fully saturated rings. The van der Waals surface area contributed by atoms with E-state index in [-0.39, 0.29) is 0 Å². The Bertz CT molecular complexity index is 375. The number of carbonyl (C=O) groups is 2. The molecule has 0 amide bonds. The minimum Gasteiger partial charge on any atom is -0.468 e. The fraction of sp³-hybridized carbons (Fsp3) is 0.462. The third kappa shape index (κ3) is 4.16. The smallest absolute Gasteiger partial charge is 0.320 e. The molecule has 0 bridgehead atoms. The highest BCUT2D eigenvalue weighted by molar-refractivity contribution is 5.94. The van der Waals surface area contributed by atoms with Crippen LogP contribution in [0.3, 0.4) is 0 Å². The molecule has 0 aliphatic rings. The summed E-state index contributed by atoms with van der Waals surface area (Å²) in [6.45, 7) is 0. The van der Waals surface area contributed by atoms with E-state index in [1.165, 1.54) is 14.2 Å². The molecular formula is C13H17NO4. The summed E-state index contributed by atoms with van der Waals surface area (Å²) in [6.07, 6.45) is 3.50. The SMILES string of the molecule is COC(=O)C(CCCc1ccccn1)C(=O)OC. The van der Waals surface area contributed by atoms with Crippen LogP contribution in [-0.2, 0) is 25.5 Å². The monoisotopic (exact) mass is 251 g/mol. The Morgan fingerprint density at radius 3 is 2.39 bits per heavy atom. The molecule has 18 heavy (non-hydrogen) atoms. The highest BCUT2D eigenvalue weighted by Gasteiger charge is 2.27. The van der Waals surface area contributed by atoms with Gasteiger partial charge in [-0.3, -0.25) is 14.6 Å². The van der Waals surface area contributed by atoms with Gasteiger partial charge < -0.3 is 9.47 Å². The van der Waals surface area contributed by atoms with Crippen LogP contribution in [0.25, 0.3) is 0 Å². The third-order valence-corrected chi connectivity index (χ3v) is 2.62. The van der Waals surface area contributed by atoms with Crippen molar-refractivity contribution < 1.29 is 19.1 Å². The summed E-state index contributed by atoms with van der Waals surface area (Å²) in [6, 6.07) is 5.65. The van der Waals surface area contributed by atoms with E-state index in [1.54, 1.807) is 6.20 Å². The molecule has 0 saturated heterocycles. The lowest BCUT2D eigenvalue weighted by Crippen LogP contribution is -2.26. The number of nitrogens with zero attached hydrogens (tertiary/aromatic N) is 1. The number of methoxy groups -OCH3 is 2. The van der Waals surface area contributed by atoms with Crippen molar-refractivity contribution in [3.05, 3.63) is 30.1 Å². The number of pyridine rings is 1. The molecule has 0 aliphatic carbocycles. The van der Waals surface area contributed by atoms with Gasteiger partial charge >= 0.3 is 11.9 Å². The van der Waals surface area contributed by atoms with E-state index in [4.69, 9.17) is 0 Å². The van der Waals surface area contributed by atoms with Gasteiger partial charge in [-0.15, -0.1) is 0 Å². The van der Waals surface area contributed by atoms with Gasteiger partial charge in [-0.2, -0.15) is 0 Å². The summed E-state index contributed by atoms with van der Waals surface area (Å²) < 4.78 is 9.17. The van der Waals surface area contributed by atoms with E-state index in [2.05, 4.69) is 14.5 Å². The largest absolute Gasteiger partial charge is 0.468 e. The average molecular weight is 251 g/mol. The average Bonchev–Trinajstić information content (AvgIpc) is 2.43. The molecule has 0 aromatic carbocycles. The number of ether oxygens (including phenoxy) is 2. The van der Waals surface area contributed by atoms with Crippen molar-refractivity contribution in [1.82, 2.24) is 4.98 Å². The normalized spacial score (nSPS) is 10.2. The minimum absolute atomic E-state index is 0.399. The van der Waals surface area contributed by atoms with Gasteiger partial charge in [0.25, 0.3) is 0 Å². The molecule has 0 aliphatic heterocycles. The Labute approximate surface area is 106 Å². The van der Waals surface area contributed by atoms with Crippen molar-refractivity contribution in [2.24, 2.45) is 5.92 Å². The van der Waals surface area contributed by atoms with Crippen LogP contribution in [0.5, 0.6) is 0 Å². The van der Waals surface area contributed by atoms with Gasteiger partial charge in [0.2, 0.25) is 0 Å². The molecule has 0 atom stereocenters. The first kappa shape index (κ1) is 14.2. The number of aromatic nitrogens is 1. The molecule has 0 saturated carbocycles. The molecule has 0 radical (unpaired) electrons. The molecule has 0 unspecified atom stereocenters. The standard InChI is InChI=1S/C13H17NO4/c1-17-12(15)11(13(16)18-2)8-5-7-10-6-3-4-9-14-10/h3-4,6,9,11H,5,7-8H2,1-2H3. The highest BCUT2D eigenvalue weighted by Crippen LogP contribution is 2.13. The molecule has 1 rings (SSSR count). The predicted octanol–water partition coefficient (Wildman–Crippen LogP) is 1.37. The number of carbonyl (C=O) groups excluding carboxylic acids is 2. The summed E-state index contributed by atoms with van der Waals surface area (Å²) in [5.41, 5.74) is 0.936. The van der Waals surface area contributed by atoms with Crippen molar-refractivity contribution in [3.63, 3.8) is 0 Å².